The van der Waals surface area contributed by atoms with Gasteiger partial charge in [-0.15, -0.1) is 0 Å². The first-order valence-corrected chi connectivity index (χ1v) is 19.0. The number of fused-ring (bicyclic) bond motifs is 4. The minimum Gasteiger partial charge on any atom is -0.478 e. The fourth-order valence-corrected chi connectivity index (χ4v) is 8.32. The van der Waals surface area contributed by atoms with Gasteiger partial charge in [0, 0.05) is 22.5 Å². The second kappa shape index (κ2) is 15.4. The van der Waals surface area contributed by atoms with Crippen LogP contribution in [-0.4, -0.2) is 11.1 Å². The molecule has 1 N–H and O–H groups in total. The molecule has 0 unspecified atom stereocenters. The second-order valence-corrected chi connectivity index (χ2v) is 14.3. The van der Waals surface area contributed by atoms with Crippen molar-refractivity contribution in [3.63, 3.8) is 0 Å². The van der Waals surface area contributed by atoms with Crippen molar-refractivity contribution in [1.82, 2.24) is 0 Å². The lowest BCUT2D eigenvalue weighted by molar-refractivity contribution is 0.0697. The van der Waals surface area contributed by atoms with Crippen molar-refractivity contribution in [2.45, 2.75) is 83.5 Å². The van der Waals surface area contributed by atoms with Crippen LogP contribution >= 0.6 is 0 Å². The molecule has 0 spiro atoms. The number of unbranched alkanes of at least 4 members (excludes halogenated alkanes) is 6. The summed E-state index contributed by atoms with van der Waals surface area (Å²) < 4.78 is 0. The highest BCUT2D eigenvalue weighted by atomic mass is 16.4. The topological polar surface area (TPSA) is 40.5 Å². The van der Waals surface area contributed by atoms with Gasteiger partial charge in [-0.25, -0.2) is 4.79 Å². The monoisotopic (exact) mass is 671 g/mol. The summed E-state index contributed by atoms with van der Waals surface area (Å²) in [4.78, 5) is 13.9. The van der Waals surface area contributed by atoms with Crippen molar-refractivity contribution in [3.05, 3.63) is 150 Å². The van der Waals surface area contributed by atoms with Crippen LogP contribution < -0.4 is 4.90 Å². The molecule has 7 rings (SSSR count). The molecular formula is C48H49NO2. The number of carboxylic acids is 1. The van der Waals surface area contributed by atoms with Crippen LogP contribution in [-0.2, 0) is 5.41 Å². The van der Waals surface area contributed by atoms with Crippen molar-refractivity contribution < 1.29 is 9.90 Å². The Hall–Kier alpha value is -5.15. The third-order valence-electron chi connectivity index (χ3n) is 11.0. The number of carbonyl (C=O) groups is 1. The normalized spacial score (nSPS) is 12.8. The van der Waals surface area contributed by atoms with Gasteiger partial charge in [-0.1, -0.05) is 150 Å². The Kier molecular flexibility index (Phi) is 10.4. The Bertz CT molecular complexity index is 2100. The van der Waals surface area contributed by atoms with E-state index in [0.717, 1.165) is 22.5 Å². The number of nitrogens with zero attached hydrogens (tertiary/aromatic N) is 1. The molecule has 258 valence electrons. The molecule has 1 aliphatic carbocycles. The third-order valence-corrected chi connectivity index (χ3v) is 11.0. The molecular weight excluding hydrogens is 623 g/mol. The standard InChI is InChI=1S/C48H49NO2/c1-3-5-7-13-31-48(32-14-8-6-4-2)45-18-12-11-17-43(45)44-30-29-42(34-46(44)48)49(41-28-25-35-15-9-10-16-39(35)33-41)40-26-23-37(24-27-40)36-19-21-38(22-20-36)47(50)51/h9-12,15-30,33-34H,3-8,13-14,31-32H2,1-2H3,(H,50,51). The average Bonchev–Trinajstić information content (AvgIpc) is 3.44. The Balaban J connectivity index is 1.35. The van der Waals surface area contributed by atoms with Crippen LogP contribution in [0.1, 0.15) is 99.5 Å². The first kappa shape index (κ1) is 34.3. The molecule has 0 saturated heterocycles. The maximum absolute atomic E-state index is 11.4. The third kappa shape index (κ3) is 6.95. The summed E-state index contributed by atoms with van der Waals surface area (Å²) in [5.74, 6) is -0.911. The highest BCUT2D eigenvalue weighted by Gasteiger charge is 2.42. The van der Waals surface area contributed by atoms with Gasteiger partial charge in [0.05, 0.1) is 5.56 Å². The van der Waals surface area contributed by atoms with Gasteiger partial charge in [-0.3, -0.25) is 0 Å². The quantitative estimate of drug-likeness (QED) is 0.110. The molecule has 0 saturated carbocycles. The van der Waals surface area contributed by atoms with E-state index < -0.39 is 5.97 Å². The zero-order chi connectivity index (χ0) is 35.2. The molecule has 0 aliphatic heterocycles. The molecule has 6 aromatic rings. The van der Waals surface area contributed by atoms with E-state index in [1.807, 2.05) is 12.1 Å². The number of aromatic carboxylic acids is 1. The Morgan fingerprint density at radius 2 is 1.08 bits per heavy atom. The lowest BCUT2D eigenvalue weighted by atomic mass is 9.70. The number of carboxylic acid groups (broad SMARTS) is 1. The number of hydrogen-bond donors (Lipinski definition) is 1. The number of anilines is 3. The van der Waals surface area contributed by atoms with Crippen molar-refractivity contribution in [3.8, 4) is 22.3 Å². The van der Waals surface area contributed by atoms with Gasteiger partial charge >= 0.3 is 5.97 Å². The minimum atomic E-state index is -0.911. The lowest BCUT2D eigenvalue weighted by Crippen LogP contribution is -2.26. The van der Waals surface area contributed by atoms with E-state index in [4.69, 9.17) is 0 Å². The zero-order valence-corrected chi connectivity index (χ0v) is 30.1. The van der Waals surface area contributed by atoms with Crippen molar-refractivity contribution in [2.75, 3.05) is 4.90 Å². The predicted molar refractivity (Wildman–Crippen MR) is 215 cm³/mol. The van der Waals surface area contributed by atoms with Gasteiger partial charge in [-0.2, -0.15) is 0 Å². The van der Waals surface area contributed by atoms with Crippen LogP contribution in [0.2, 0.25) is 0 Å². The van der Waals surface area contributed by atoms with Gasteiger partial charge in [0.1, 0.15) is 0 Å². The molecule has 0 atom stereocenters. The van der Waals surface area contributed by atoms with E-state index in [0.29, 0.717) is 5.56 Å². The summed E-state index contributed by atoms with van der Waals surface area (Å²) in [5.41, 5.74) is 11.5. The average molecular weight is 672 g/mol. The van der Waals surface area contributed by atoms with E-state index in [2.05, 4.69) is 128 Å². The van der Waals surface area contributed by atoms with Crippen LogP contribution in [0, 0.1) is 0 Å². The maximum Gasteiger partial charge on any atom is 0.335 e. The van der Waals surface area contributed by atoms with Gasteiger partial charge in [0.25, 0.3) is 0 Å². The summed E-state index contributed by atoms with van der Waals surface area (Å²) in [6.07, 6.45) is 12.5. The van der Waals surface area contributed by atoms with Crippen LogP contribution in [0.3, 0.4) is 0 Å². The highest BCUT2D eigenvalue weighted by Crippen LogP contribution is 2.55. The predicted octanol–water partition coefficient (Wildman–Crippen LogP) is 13.9. The van der Waals surface area contributed by atoms with Gasteiger partial charge < -0.3 is 10.0 Å². The Morgan fingerprint density at radius 3 is 1.75 bits per heavy atom. The molecule has 3 nitrogen and oxygen atoms in total. The van der Waals surface area contributed by atoms with E-state index in [1.54, 1.807) is 12.1 Å². The maximum atomic E-state index is 11.4. The summed E-state index contributed by atoms with van der Waals surface area (Å²) >= 11 is 0. The second-order valence-electron chi connectivity index (χ2n) is 14.3. The summed E-state index contributed by atoms with van der Waals surface area (Å²) in [6, 6.07) is 47.6. The molecule has 0 amide bonds. The minimum absolute atomic E-state index is 0.00441. The fourth-order valence-electron chi connectivity index (χ4n) is 8.32. The van der Waals surface area contributed by atoms with Crippen molar-refractivity contribution in [1.29, 1.82) is 0 Å². The van der Waals surface area contributed by atoms with E-state index in [-0.39, 0.29) is 5.41 Å². The Labute approximate surface area is 303 Å². The molecule has 0 aromatic heterocycles. The SMILES string of the molecule is CCCCCCC1(CCCCCC)c2ccccc2-c2ccc(N(c3ccc(-c4ccc(C(=O)O)cc4)cc3)c3ccc4ccccc4c3)cc21. The van der Waals surface area contributed by atoms with Crippen LogP contribution in [0.15, 0.2) is 133 Å². The summed E-state index contributed by atoms with van der Waals surface area (Å²) in [6.45, 7) is 4.60. The van der Waals surface area contributed by atoms with E-state index in [9.17, 15) is 9.90 Å². The lowest BCUT2D eigenvalue weighted by Gasteiger charge is -2.34. The molecule has 3 heteroatoms. The van der Waals surface area contributed by atoms with Gasteiger partial charge in [0.15, 0.2) is 0 Å². The Morgan fingerprint density at radius 1 is 0.529 bits per heavy atom. The largest absolute Gasteiger partial charge is 0.478 e. The zero-order valence-electron chi connectivity index (χ0n) is 30.1. The van der Waals surface area contributed by atoms with Crippen molar-refractivity contribution in [2.24, 2.45) is 0 Å². The number of hydrogen-bond acceptors (Lipinski definition) is 2. The molecule has 6 aromatic carbocycles. The molecule has 0 heterocycles. The molecule has 0 fully saturated rings. The van der Waals surface area contributed by atoms with Crippen LogP contribution in [0.25, 0.3) is 33.0 Å². The van der Waals surface area contributed by atoms with Crippen molar-refractivity contribution >= 4 is 33.8 Å². The first-order valence-electron chi connectivity index (χ1n) is 19.0. The molecule has 0 radical (unpaired) electrons. The van der Waals surface area contributed by atoms with E-state index >= 15 is 0 Å². The van der Waals surface area contributed by atoms with Gasteiger partial charge in [0.2, 0.25) is 0 Å². The number of benzene rings is 6. The summed E-state index contributed by atoms with van der Waals surface area (Å²) in [7, 11) is 0. The highest BCUT2D eigenvalue weighted by molar-refractivity contribution is 5.91. The van der Waals surface area contributed by atoms with Gasteiger partial charge in [-0.05, 0) is 106 Å². The van der Waals surface area contributed by atoms with Crippen LogP contribution in [0.5, 0.6) is 0 Å². The molecule has 51 heavy (non-hydrogen) atoms. The number of rotatable bonds is 15. The summed E-state index contributed by atoms with van der Waals surface area (Å²) in [5, 5.41) is 11.8. The van der Waals surface area contributed by atoms with E-state index in [1.165, 1.54) is 103 Å². The first-order chi connectivity index (χ1) is 25.0. The van der Waals surface area contributed by atoms with Crippen LogP contribution in [0.4, 0.5) is 17.1 Å². The fraction of sp³-hybridized carbons (Fsp3) is 0.271. The molecule has 0 bridgehead atoms. The molecule has 1 aliphatic rings. The smallest absolute Gasteiger partial charge is 0.335 e.